The molecule has 0 bridgehead atoms. The highest BCUT2D eigenvalue weighted by atomic mass is 32.1. The van der Waals surface area contributed by atoms with Crippen molar-refractivity contribution in [3.05, 3.63) is 60.7 Å². The molecule has 2 rings (SSSR count). The Hall–Kier alpha value is -2.24. The van der Waals surface area contributed by atoms with Gasteiger partial charge in [-0.25, -0.2) is 0 Å². The number of carbonyl (C=O) groups excluding carboxylic acids is 1. The van der Waals surface area contributed by atoms with Gasteiger partial charge in [0.05, 0.1) is 5.69 Å². The third-order valence-corrected chi connectivity index (χ3v) is 2.70. The molecule has 0 spiro atoms. The van der Waals surface area contributed by atoms with Gasteiger partial charge in [0.15, 0.2) is 4.99 Å². The summed E-state index contributed by atoms with van der Waals surface area (Å²) in [6.45, 7) is 0. The molecule has 0 aromatic heterocycles. The maximum Gasteiger partial charge on any atom is 0.309 e. The largest absolute Gasteiger partial charge is 0.342 e. The van der Waals surface area contributed by atoms with Crippen molar-refractivity contribution in [1.29, 1.82) is 0 Å². The maximum atomic E-state index is 11.9. The van der Waals surface area contributed by atoms with Gasteiger partial charge in [-0.15, -0.1) is 0 Å². The Labute approximate surface area is 116 Å². The zero-order chi connectivity index (χ0) is 13.7. The third kappa shape index (κ3) is 3.37. The Morgan fingerprint density at radius 3 is 2.11 bits per heavy atom. The predicted octanol–water partition coefficient (Wildman–Crippen LogP) is 2.85. The number of hydroxylamine groups is 1. The average Bonchev–Trinajstić information content (AvgIpc) is 2.47. The van der Waals surface area contributed by atoms with Crippen molar-refractivity contribution < 1.29 is 10.0 Å². The highest BCUT2D eigenvalue weighted by Crippen LogP contribution is 2.12. The molecule has 0 unspecified atom stereocenters. The number of rotatable bonds is 2. The SMILES string of the molecule is O=C(C(=S)Nc1ccccc1)N(O)c1ccccc1. The molecule has 0 aliphatic rings. The topological polar surface area (TPSA) is 52.6 Å². The number of hydrogen-bond donors (Lipinski definition) is 2. The zero-order valence-corrected chi connectivity index (χ0v) is 10.8. The van der Waals surface area contributed by atoms with Crippen molar-refractivity contribution in [1.82, 2.24) is 0 Å². The van der Waals surface area contributed by atoms with Gasteiger partial charge in [0.2, 0.25) is 0 Å². The highest BCUT2D eigenvalue weighted by Gasteiger charge is 2.18. The molecular formula is C14H12N2O2S. The van der Waals surface area contributed by atoms with E-state index in [4.69, 9.17) is 12.2 Å². The van der Waals surface area contributed by atoms with Crippen LogP contribution < -0.4 is 10.4 Å². The van der Waals surface area contributed by atoms with Crippen LogP contribution in [-0.2, 0) is 4.79 Å². The van der Waals surface area contributed by atoms with Gasteiger partial charge in [-0.05, 0) is 24.3 Å². The minimum Gasteiger partial charge on any atom is -0.342 e. The summed E-state index contributed by atoms with van der Waals surface area (Å²) in [5.41, 5.74) is 1.06. The molecule has 0 heterocycles. The number of nitrogens with one attached hydrogen (secondary N) is 1. The number of nitrogens with zero attached hydrogens (tertiary/aromatic N) is 1. The first-order valence-electron chi connectivity index (χ1n) is 5.63. The van der Waals surface area contributed by atoms with Crippen LogP contribution in [0.15, 0.2) is 60.7 Å². The molecule has 0 aliphatic heterocycles. The van der Waals surface area contributed by atoms with Crippen molar-refractivity contribution >= 4 is 34.5 Å². The standard InChI is InChI=1S/C14H12N2O2S/c17-14(16(18)12-9-5-2-6-10-12)13(19)15-11-7-3-1-4-8-11/h1-10,18H,(H,15,19). The van der Waals surface area contributed by atoms with E-state index in [0.717, 1.165) is 0 Å². The molecule has 5 heteroatoms. The Morgan fingerprint density at radius 2 is 1.53 bits per heavy atom. The van der Waals surface area contributed by atoms with Crippen LogP contribution in [0.1, 0.15) is 0 Å². The lowest BCUT2D eigenvalue weighted by Gasteiger charge is -2.16. The van der Waals surface area contributed by atoms with Gasteiger partial charge in [-0.2, -0.15) is 5.06 Å². The number of carbonyl (C=O) groups is 1. The summed E-state index contributed by atoms with van der Waals surface area (Å²) in [6.07, 6.45) is 0. The average molecular weight is 272 g/mol. The van der Waals surface area contributed by atoms with Crippen LogP contribution in [0.3, 0.4) is 0 Å². The van der Waals surface area contributed by atoms with Crippen molar-refractivity contribution in [3.63, 3.8) is 0 Å². The molecule has 96 valence electrons. The van der Waals surface area contributed by atoms with E-state index in [0.29, 0.717) is 16.4 Å². The van der Waals surface area contributed by atoms with Crippen LogP contribution in [0.4, 0.5) is 11.4 Å². The van der Waals surface area contributed by atoms with Gasteiger partial charge in [0.25, 0.3) is 0 Å². The summed E-state index contributed by atoms with van der Waals surface area (Å²) in [4.78, 5) is 11.8. The molecule has 2 N–H and O–H groups in total. The number of benzene rings is 2. The van der Waals surface area contributed by atoms with E-state index < -0.39 is 5.91 Å². The van der Waals surface area contributed by atoms with Crippen molar-refractivity contribution in [2.45, 2.75) is 0 Å². The number of amides is 1. The molecule has 19 heavy (non-hydrogen) atoms. The van der Waals surface area contributed by atoms with Gasteiger partial charge in [0.1, 0.15) is 0 Å². The fourth-order valence-electron chi connectivity index (χ4n) is 1.49. The van der Waals surface area contributed by atoms with Crippen LogP contribution >= 0.6 is 12.2 Å². The van der Waals surface area contributed by atoms with Gasteiger partial charge in [0, 0.05) is 5.69 Å². The number of para-hydroxylation sites is 2. The zero-order valence-electron chi connectivity index (χ0n) is 9.98. The second-order valence-corrected chi connectivity index (χ2v) is 4.18. The molecule has 1 amide bonds. The Balaban J connectivity index is 2.06. The van der Waals surface area contributed by atoms with Crippen molar-refractivity contribution in [3.8, 4) is 0 Å². The molecule has 0 radical (unpaired) electrons. The van der Waals surface area contributed by atoms with E-state index >= 15 is 0 Å². The quantitative estimate of drug-likeness (QED) is 0.501. The monoisotopic (exact) mass is 272 g/mol. The summed E-state index contributed by atoms with van der Waals surface area (Å²) in [5.74, 6) is -0.676. The van der Waals surface area contributed by atoms with Crippen LogP contribution in [0.5, 0.6) is 0 Å². The molecule has 0 saturated heterocycles. The van der Waals surface area contributed by atoms with Gasteiger partial charge in [-0.3, -0.25) is 10.0 Å². The van der Waals surface area contributed by atoms with Crippen LogP contribution in [0.2, 0.25) is 0 Å². The van der Waals surface area contributed by atoms with E-state index in [1.165, 1.54) is 0 Å². The van der Waals surface area contributed by atoms with Crippen molar-refractivity contribution in [2.75, 3.05) is 10.4 Å². The second kappa shape index (κ2) is 6.08. The summed E-state index contributed by atoms with van der Waals surface area (Å²) >= 11 is 4.97. The molecule has 0 aliphatic carbocycles. The Bertz CT molecular complexity index is 573. The number of hydrogen-bond acceptors (Lipinski definition) is 3. The van der Waals surface area contributed by atoms with E-state index in [1.807, 2.05) is 18.2 Å². The smallest absolute Gasteiger partial charge is 0.309 e. The van der Waals surface area contributed by atoms with E-state index in [1.54, 1.807) is 42.5 Å². The van der Waals surface area contributed by atoms with Crippen LogP contribution in [0, 0.1) is 0 Å². The first-order valence-corrected chi connectivity index (χ1v) is 6.04. The number of thiocarbonyl (C=S) groups is 1. The Morgan fingerprint density at radius 1 is 1.00 bits per heavy atom. The lowest BCUT2D eigenvalue weighted by atomic mass is 10.3. The van der Waals surface area contributed by atoms with Crippen LogP contribution in [0.25, 0.3) is 0 Å². The van der Waals surface area contributed by atoms with E-state index in [-0.39, 0.29) is 4.99 Å². The first-order chi connectivity index (χ1) is 9.18. The molecule has 0 fully saturated rings. The maximum absolute atomic E-state index is 11.9. The van der Waals surface area contributed by atoms with Gasteiger partial charge >= 0.3 is 5.91 Å². The van der Waals surface area contributed by atoms with E-state index in [2.05, 4.69) is 5.32 Å². The molecule has 4 nitrogen and oxygen atoms in total. The minimum atomic E-state index is -0.676. The fourth-order valence-corrected chi connectivity index (χ4v) is 1.69. The first kappa shape index (κ1) is 13.2. The highest BCUT2D eigenvalue weighted by molar-refractivity contribution is 7.82. The van der Waals surface area contributed by atoms with E-state index in [9.17, 15) is 10.0 Å². The molecule has 2 aromatic rings. The summed E-state index contributed by atoms with van der Waals surface area (Å²) in [6, 6.07) is 17.5. The number of anilines is 2. The van der Waals surface area contributed by atoms with Gasteiger partial charge in [-0.1, -0.05) is 48.6 Å². The Kier molecular flexibility index (Phi) is 4.22. The summed E-state index contributed by atoms with van der Waals surface area (Å²) in [7, 11) is 0. The molecule has 0 atom stereocenters. The lowest BCUT2D eigenvalue weighted by molar-refractivity contribution is -0.117. The van der Waals surface area contributed by atoms with Gasteiger partial charge < -0.3 is 5.32 Å². The van der Waals surface area contributed by atoms with Crippen LogP contribution in [-0.4, -0.2) is 16.1 Å². The third-order valence-electron chi connectivity index (χ3n) is 2.42. The second-order valence-electron chi connectivity index (χ2n) is 3.77. The summed E-state index contributed by atoms with van der Waals surface area (Å²) < 4.78 is 0. The fraction of sp³-hybridized carbons (Fsp3) is 0. The minimum absolute atomic E-state index is 0.0717. The lowest BCUT2D eigenvalue weighted by Crippen LogP contribution is -2.36. The molecule has 2 aromatic carbocycles. The molecular weight excluding hydrogens is 260 g/mol. The summed E-state index contributed by atoms with van der Waals surface area (Å²) in [5, 5.41) is 13.1. The normalized spacial score (nSPS) is 9.74. The predicted molar refractivity (Wildman–Crippen MR) is 78.4 cm³/mol. The molecule has 0 saturated carbocycles. The van der Waals surface area contributed by atoms with Crippen molar-refractivity contribution in [2.24, 2.45) is 0 Å².